The van der Waals surface area contributed by atoms with Gasteiger partial charge in [0.25, 0.3) is 0 Å². The number of benzene rings is 2. The van der Waals surface area contributed by atoms with Gasteiger partial charge in [-0.05, 0) is 30.7 Å². The van der Waals surface area contributed by atoms with Crippen molar-refractivity contribution < 1.29 is 4.42 Å². The Hall–Kier alpha value is -2.48. The van der Waals surface area contributed by atoms with Crippen LogP contribution in [0.25, 0.3) is 11.0 Å². The molecule has 29 heavy (non-hydrogen) atoms. The maximum Gasteiger partial charge on any atom is 0.191 e. The number of para-hydroxylation sites is 1. The molecule has 0 saturated heterocycles. The number of halogens is 1. The molecule has 0 unspecified atom stereocenters. The molecule has 0 saturated carbocycles. The van der Waals surface area contributed by atoms with Gasteiger partial charge in [0.05, 0.1) is 6.54 Å². The van der Waals surface area contributed by atoms with E-state index >= 15 is 0 Å². The van der Waals surface area contributed by atoms with Crippen molar-refractivity contribution in [3.05, 3.63) is 77.6 Å². The van der Waals surface area contributed by atoms with Gasteiger partial charge < -0.3 is 20.0 Å². The molecule has 0 fully saturated rings. The van der Waals surface area contributed by atoms with E-state index < -0.39 is 0 Å². The van der Waals surface area contributed by atoms with Gasteiger partial charge in [0.1, 0.15) is 11.3 Å². The highest BCUT2D eigenvalue weighted by Crippen LogP contribution is 2.24. The van der Waals surface area contributed by atoms with E-state index in [0.717, 1.165) is 35.8 Å². The molecule has 1 aliphatic heterocycles. The van der Waals surface area contributed by atoms with Crippen molar-refractivity contribution in [3.8, 4) is 0 Å². The number of anilines is 1. The van der Waals surface area contributed by atoms with Crippen LogP contribution >= 0.6 is 24.0 Å². The lowest BCUT2D eigenvalue weighted by molar-refractivity contribution is 0.534. The van der Waals surface area contributed by atoms with Crippen molar-refractivity contribution in [1.82, 2.24) is 10.6 Å². The number of nitrogens with one attached hydrogen (secondary N) is 2. The molecule has 2 heterocycles. The molecular weight excluding hydrogens is 475 g/mol. The summed E-state index contributed by atoms with van der Waals surface area (Å²) < 4.78 is 5.97. The Labute approximate surface area is 188 Å². The summed E-state index contributed by atoms with van der Waals surface area (Å²) in [4.78, 5) is 6.68. The number of furan rings is 1. The normalized spacial score (nSPS) is 13.6. The van der Waals surface area contributed by atoms with Gasteiger partial charge in [-0.2, -0.15) is 0 Å². The molecule has 0 aliphatic carbocycles. The molecule has 0 bridgehead atoms. The van der Waals surface area contributed by atoms with E-state index in [1.807, 2.05) is 18.2 Å². The number of nitrogens with zero attached hydrogens (tertiary/aromatic N) is 2. The Kier molecular flexibility index (Phi) is 7.19. The maximum atomic E-state index is 5.97. The molecule has 0 radical (unpaired) electrons. The summed E-state index contributed by atoms with van der Waals surface area (Å²) in [6, 6.07) is 16.8. The maximum absolute atomic E-state index is 5.97. The third-order valence-corrected chi connectivity index (χ3v) is 5.14. The second-order valence-corrected chi connectivity index (χ2v) is 6.97. The summed E-state index contributed by atoms with van der Waals surface area (Å²) in [6.07, 6.45) is 4.41. The summed E-state index contributed by atoms with van der Waals surface area (Å²) in [6.45, 7) is 5.37. The highest BCUT2D eigenvalue weighted by molar-refractivity contribution is 14.0. The molecule has 3 aromatic rings. The van der Waals surface area contributed by atoms with E-state index in [0.29, 0.717) is 13.1 Å². The highest BCUT2D eigenvalue weighted by atomic mass is 127. The van der Waals surface area contributed by atoms with Crippen LogP contribution in [0, 0.1) is 6.92 Å². The molecule has 1 aromatic heterocycles. The Balaban J connectivity index is 0.00000240. The van der Waals surface area contributed by atoms with Gasteiger partial charge in [0, 0.05) is 43.3 Å². The fraction of sp³-hybridized carbons (Fsp3) is 0.261. The predicted molar refractivity (Wildman–Crippen MR) is 131 cm³/mol. The number of hydrogen-bond acceptors (Lipinski definition) is 3. The van der Waals surface area contributed by atoms with Crippen LogP contribution in [0.5, 0.6) is 0 Å². The van der Waals surface area contributed by atoms with Gasteiger partial charge in [-0.1, -0.05) is 42.5 Å². The van der Waals surface area contributed by atoms with E-state index in [2.05, 4.69) is 69.9 Å². The smallest absolute Gasteiger partial charge is 0.191 e. The average molecular weight is 502 g/mol. The number of aryl methyl sites for hydroxylation is 1. The zero-order valence-corrected chi connectivity index (χ0v) is 19.1. The lowest BCUT2D eigenvalue weighted by atomic mass is 10.1. The number of hydrogen-bond donors (Lipinski definition) is 2. The summed E-state index contributed by atoms with van der Waals surface area (Å²) in [5, 5.41) is 7.90. The molecule has 2 aromatic carbocycles. The Bertz CT molecular complexity index is 1020. The van der Waals surface area contributed by atoms with Crippen LogP contribution in [0.4, 0.5) is 5.69 Å². The second kappa shape index (κ2) is 9.82. The Morgan fingerprint density at radius 1 is 1.03 bits per heavy atom. The lowest BCUT2D eigenvalue weighted by Gasteiger charge is -2.19. The van der Waals surface area contributed by atoms with Crippen LogP contribution in [-0.4, -0.2) is 26.1 Å². The SMILES string of the molecule is CN=C(NCc1cccc(N2CC=CC2)c1)NCc1oc2ccccc2c1C.I. The zero-order valence-electron chi connectivity index (χ0n) is 16.8. The first-order valence-electron chi connectivity index (χ1n) is 9.65. The van der Waals surface area contributed by atoms with Crippen LogP contribution in [-0.2, 0) is 13.1 Å². The minimum atomic E-state index is 0. The van der Waals surface area contributed by atoms with Crippen LogP contribution in [0.2, 0.25) is 0 Å². The van der Waals surface area contributed by atoms with Crippen LogP contribution in [0.1, 0.15) is 16.9 Å². The standard InChI is InChI=1S/C23H26N4O.HI/c1-17-20-10-3-4-11-21(20)28-22(17)16-26-23(24-2)25-15-18-8-7-9-19(14-18)27-12-5-6-13-27;/h3-11,14H,12-13,15-16H2,1-2H3,(H2,24,25,26);1H. The lowest BCUT2D eigenvalue weighted by Crippen LogP contribution is -2.36. The first kappa shape index (κ1) is 21.2. The molecule has 0 amide bonds. The Morgan fingerprint density at radius 3 is 2.55 bits per heavy atom. The number of rotatable bonds is 5. The van der Waals surface area contributed by atoms with E-state index in [4.69, 9.17) is 4.42 Å². The number of fused-ring (bicyclic) bond motifs is 1. The van der Waals surface area contributed by atoms with Gasteiger partial charge >= 0.3 is 0 Å². The number of guanidine groups is 1. The Morgan fingerprint density at radius 2 is 1.79 bits per heavy atom. The van der Waals surface area contributed by atoms with E-state index in [-0.39, 0.29) is 24.0 Å². The monoisotopic (exact) mass is 502 g/mol. The van der Waals surface area contributed by atoms with Crippen molar-refractivity contribution in [2.24, 2.45) is 4.99 Å². The van der Waals surface area contributed by atoms with Crippen molar-refractivity contribution in [2.45, 2.75) is 20.0 Å². The van der Waals surface area contributed by atoms with Crippen LogP contribution in [0.3, 0.4) is 0 Å². The minimum absolute atomic E-state index is 0. The van der Waals surface area contributed by atoms with Crippen molar-refractivity contribution >= 4 is 46.6 Å². The fourth-order valence-corrected chi connectivity index (χ4v) is 3.52. The molecule has 4 rings (SSSR count). The fourth-order valence-electron chi connectivity index (χ4n) is 3.52. The molecule has 152 valence electrons. The molecule has 5 nitrogen and oxygen atoms in total. The highest BCUT2D eigenvalue weighted by Gasteiger charge is 2.11. The molecule has 2 N–H and O–H groups in total. The minimum Gasteiger partial charge on any atom is -0.459 e. The van der Waals surface area contributed by atoms with Crippen molar-refractivity contribution in [2.75, 3.05) is 25.0 Å². The first-order chi connectivity index (χ1) is 13.7. The van der Waals surface area contributed by atoms with E-state index in [1.54, 1.807) is 7.05 Å². The largest absolute Gasteiger partial charge is 0.459 e. The van der Waals surface area contributed by atoms with Gasteiger partial charge in [-0.25, -0.2) is 0 Å². The van der Waals surface area contributed by atoms with Gasteiger partial charge in [0.2, 0.25) is 0 Å². The van der Waals surface area contributed by atoms with Crippen LogP contribution < -0.4 is 15.5 Å². The number of aliphatic imine (C=N–C) groups is 1. The second-order valence-electron chi connectivity index (χ2n) is 6.97. The van der Waals surface area contributed by atoms with Crippen LogP contribution in [0.15, 0.2) is 70.1 Å². The average Bonchev–Trinajstić information content (AvgIpc) is 3.37. The third-order valence-electron chi connectivity index (χ3n) is 5.14. The topological polar surface area (TPSA) is 52.8 Å². The van der Waals surface area contributed by atoms with Crippen molar-refractivity contribution in [3.63, 3.8) is 0 Å². The summed E-state index contributed by atoms with van der Waals surface area (Å²) in [5.41, 5.74) is 4.58. The summed E-state index contributed by atoms with van der Waals surface area (Å²) >= 11 is 0. The molecule has 0 spiro atoms. The molecule has 1 aliphatic rings. The van der Waals surface area contributed by atoms with E-state index in [9.17, 15) is 0 Å². The molecule has 0 atom stereocenters. The van der Waals surface area contributed by atoms with Gasteiger partial charge in [0.15, 0.2) is 5.96 Å². The third kappa shape index (κ3) is 4.93. The quantitative estimate of drug-likeness (QED) is 0.232. The summed E-state index contributed by atoms with van der Waals surface area (Å²) in [5.74, 6) is 1.70. The molecular formula is C23H27IN4O. The van der Waals surface area contributed by atoms with E-state index in [1.165, 1.54) is 16.8 Å². The molecule has 6 heteroatoms. The first-order valence-corrected chi connectivity index (χ1v) is 9.65. The van der Waals surface area contributed by atoms with Gasteiger partial charge in [-0.15, -0.1) is 24.0 Å². The summed E-state index contributed by atoms with van der Waals surface area (Å²) in [7, 11) is 1.78. The predicted octanol–water partition coefficient (Wildman–Crippen LogP) is 4.60. The van der Waals surface area contributed by atoms with Gasteiger partial charge in [-0.3, -0.25) is 4.99 Å². The van der Waals surface area contributed by atoms with Crippen molar-refractivity contribution in [1.29, 1.82) is 0 Å². The zero-order chi connectivity index (χ0) is 19.3.